The Hall–Kier alpha value is -3.20. The van der Waals surface area contributed by atoms with Crippen LogP contribution in [-0.2, 0) is 10.5 Å². The molecule has 0 spiro atoms. The molecule has 1 aliphatic rings. The maximum absolute atomic E-state index is 12.7. The average Bonchev–Trinajstić information content (AvgIpc) is 3.32. The van der Waals surface area contributed by atoms with Gasteiger partial charge in [0.05, 0.1) is 18.9 Å². The Morgan fingerprint density at radius 1 is 1.00 bits per heavy atom. The molecule has 1 saturated heterocycles. The van der Waals surface area contributed by atoms with Crippen LogP contribution in [0, 0.1) is 0 Å². The lowest BCUT2D eigenvalue weighted by Crippen LogP contribution is -2.40. The fourth-order valence-electron chi connectivity index (χ4n) is 3.74. The molecule has 172 valence electrons. The number of halogens is 1. The van der Waals surface area contributed by atoms with Gasteiger partial charge in [0.15, 0.2) is 11.0 Å². The molecule has 0 aliphatic carbocycles. The van der Waals surface area contributed by atoms with E-state index in [4.69, 9.17) is 16.3 Å². The summed E-state index contributed by atoms with van der Waals surface area (Å²) in [6.07, 6.45) is 3.47. The van der Waals surface area contributed by atoms with Gasteiger partial charge < -0.3 is 9.64 Å². The van der Waals surface area contributed by atoms with Gasteiger partial charge in [0.1, 0.15) is 0 Å². The summed E-state index contributed by atoms with van der Waals surface area (Å²) >= 11 is 7.85. The summed E-state index contributed by atoms with van der Waals surface area (Å²) in [5, 5.41) is 10.3. The van der Waals surface area contributed by atoms with Crippen molar-refractivity contribution in [3.63, 3.8) is 0 Å². The quantitative estimate of drug-likeness (QED) is 0.362. The van der Waals surface area contributed by atoms with Gasteiger partial charge in [0.2, 0.25) is 0 Å². The first-order chi connectivity index (χ1) is 16.7. The standard InChI is InChI=1S/C25H22ClN5O2S/c26-21-2-1-3-22(16-21)31-23(19-8-10-27-11-9-19)28-29-25(31)34-17-18-4-6-20(7-5-18)24(32)30-12-14-33-15-13-30/h1-11,16H,12-15,17H2. The average molecular weight is 492 g/mol. The molecular weight excluding hydrogens is 470 g/mol. The molecule has 2 aromatic carbocycles. The highest BCUT2D eigenvalue weighted by Gasteiger charge is 2.19. The Morgan fingerprint density at radius 3 is 2.50 bits per heavy atom. The van der Waals surface area contributed by atoms with Crippen molar-refractivity contribution in [3.8, 4) is 17.1 Å². The summed E-state index contributed by atoms with van der Waals surface area (Å²) in [5.74, 6) is 1.45. The van der Waals surface area contributed by atoms with Crippen LogP contribution in [-0.4, -0.2) is 56.9 Å². The minimum absolute atomic E-state index is 0.0465. The van der Waals surface area contributed by atoms with E-state index in [1.807, 2.05) is 70.1 Å². The number of nitrogens with zero attached hydrogens (tertiary/aromatic N) is 5. The van der Waals surface area contributed by atoms with Crippen LogP contribution in [0.4, 0.5) is 0 Å². The number of benzene rings is 2. The number of carbonyl (C=O) groups excluding carboxylic acids is 1. The van der Waals surface area contributed by atoms with E-state index < -0.39 is 0 Å². The number of thioether (sulfide) groups is 1. The van der Waals surface area contributed by atoms with Gasteiger partial charge in [0.25, 0.3) is 5.91 Å². The minimum atomic E-state index is 0.0465. The van der Waals surface area contributed by atoms with Crippen molar-refractivity contribution in [1.29, 1.82) is 0 Å². The number of amides is 1. The monoisotopic (exact) mass is 491 g/mol. The highest BCUT2D eigenvalue weighted by atomic mass is 35.5. The number of pyridine rings is 1. The van der Waals surface area contributed by atoms with Gasteiger partial charge in [-0.1, -0.05) is 41.6 Å². The van der Waals surface area contributed by atoms with E-state index in [-0.39, 0.29) is 5.91 Å². The first-order valence-corrected chi connectivity index (χ1v) is 12.3. The van der Waals surface area contributed by atoms with Gasteiger partial charge in [-0.15, -0.1) is 10.2 Å². The molecule has 9 heteroatoms. The van der Waals surface area contributed by atoms with Crippen molar-refractivity contribution >= 4 is 29.3 Å². The minimum Gasteiger partial charge on any atom is -0.378 e. The summed E-state index contributed by atoms with van der Waals surface area (Å²) in [6, 6.07) is 19.2. The third-order valence-corrected chi connectivity index (χ3v) is 6.74. The topological polar surface area (TPSA) is 73.1 Å². The molecule has 1 fully saturated rings. The van der Waals surface area contributed by atoms with Crippen LogP contribution < -0.4 is 0 Å². The van der Waals surface area contributed by atoms with Crippen molar-refractivity contribution in [1.82, 2.24) is 24.6 Å². The molecule has 0 bridgehead atoms. The number of carbonyl (C=O) groups is 1. The molecule has 7 nitrogen and oxygen atoms in total. The van der Waals surface area contributed by atoms with Crippen LogP contribution in [0.3, 0.4) is 0 Å². The molecule has 0 saturated carbocycles. The second-order valence-corrected chi connectivity index (χ2v) is 9.13. The van der Waals surface area contributed by atoms with Crippen LogP contribution in [0.5, 0.6) is 0 Å². The van der Waals surface area contributed by atoms with Crippen LogP contribution in [0.1, 0.15) is 15.9 Å². The first-order valence-electron chi connectivity index (χ1n) is 10.9. The van der Waals surface area contributed by atoms with Crippen molar-refractivity contribution in [2.24, 2.45) is 0 Å². The lowest BCUT2D eigenvalue weighted by atomic mass is 10.1. The molecule has 0 unspecified atom stereocenters. The van der Waals surface area contributed by atoms with Crippen molar-refractivity contribution < 1.29 is 9.53 Å². The van der Waals surface area contributed by atoms with Gasteiger partial charge >= 0.3 is 0 Å². The second-order valence-electron chi connectivity index (χ2n) is 7.75. The van der Waals surface area contributed by atoms with E-state index in [1.54, 1.807) is 24.2 Å². The van der Waals surface area contributed by atoms with E-state index >= 15 is 0 Å². The Morgan fingerprint density at radius 2 is 1.76 bits per heavy atom. The molecule has 0 radical (unpaired) electrons. The predicted molar refractivity (Wildman–Crippen MR) is 132 cm³/mol. The van der Waals surface area contributed by atoms with Gasteiger partial charge in [-0.3, -0.25) is 14.3 Å². The molecule has 4 aromatic rings. The smallest absolute Gasteiger partial charge is 0.254 e. The maximum atomic E-state index is 12.7. The largest absolute Gasteiger partial charge is 0.378 e. The lowest BCUT2D eigenvalue weighted by Gasteiger charge is -2.26. The molecular formula is C25H22ClN5O2S. The third-order valence-electron chi connectivity index (χ3n) is 5.51. The highest BCUT2D eigenvalue weighted by Crippen LogP contribution is 2.30. The molecule has 3 heterocycles. The summed E-state index contributed by atoms with van der Waals surface area (Å²) in [7, 11) is 0. The third kappa shape index (κ3) is 4.99. The predicted octanol–water partition coefficient (Wildman–Crippen LogP) is 4.75. The summed E-state index contributed by atoms with van der Waals surface area (Å²) in [4.78, 5) is 18.6. The number of hydrogen-bond acceptors (Lipinski definition) is 6. The molecule has 1 amide bonds. The molecule has 2 aromatic heterocycles. The zero-order chi connectivity index (χ0) is 23.3. The normalized spacial score (nSPS) is 13.7. The number of aromatic nitrogens is 4. The Labute approximate surface area is 206 Å². The molecule has 0 atom stereocenters. The SMILES string of the molecule is O=C(c1ccc(CSc2nnc(-c3ccncc3)n2-c2cccc(Cl)c2)cc1)N1CCOCC1. The molecule has 5 rings (SSSR count). The van der Waals surface area contributed by atoms with E-state index in [0.717, 1.165) is 27.8 Å². The second kappa shape index (κ2) is 10.4. The van der Waals surface area contributed by atoms with Crippen molar-refractivity contribution in [2.75, 3.05) is 26.3 Å². The highest BCUT2D eigenvalue weighted by molar-refractivity contribution is 7.98. The van der Waals surface area contributed by atoms with Crippen LogP contribution >= 0.6 is 23.4 Å². The first kappa shape index (κ1) is 22.6. The summed E-state index contributed by atoms with van der Waals surface area (Å²) in [5.41, 5.74) is 3.59. The fourth-order valence-corrected chi connectivity index (χ4v) is 4.83. The number of hydrogen-bond donors (Lipinski definition) is 0. The summed E-state index contributed by atoms with van der Waals surface area (Å²) < 4.78 is 7.34. The van der Waals surface area contributed by atoms with Gasteiger partial charge in [-0.05, 0) is 48.0 Å². The van der Waals surface area contributed by atoms with Gasteiger partial charge in [-0.2, -0.15) is 0 Å². The Balaban J connectivity index is 1.36. The number of rotatable bonds is 6. The van der Waals surface area contributed by atoms with Crippen LogP contribution in [0.25, 0.3) is 17.1 Å². The zero-order valence-electron chi connectivity index (χ0n) is 18.3. The lowest BCUT2D eigenvalue weighted by molar-refractivity contribution is 0.0303. The Kier molecular flexibility index (Phi) is 6.89. The van der Waals surface area contributed by atoms with Gasteiger partial charge in [0, 0.05) is 47.4 Å². The van der Waals surface area contributed by atoms with Crippen molar-refractivity contribution in [2.45, 2.75) is 10.9 Å². The Bertz CT molecular complexity index is 1270. The molecule has 1 aliphatic heterocycles. The fraction of sp³-hybridized carbons (Fsp3) is 0.200. The maximum Gasteiger partial charge on any atom is 0.254 e. The molecule has 0 N–H and O–H groups in total. The van der Waals surface area contributed by atoms with E-state index in [9.17, 15) is 4.79 Å². The van der Waals surface area contributed by atoms with E-state index in [1.165, 1.54) is 0 Å². The van der Waals surface area contributed by atoms with E-state index in [2.05, 4.69) is 15.2 Å². The number of ether oxygens (including phenoxy) is 1. The summed E-state index contributed by atoms with van der Waals surface area (Å²) in [6.45, 7) is 2.45. The van der Waals surface area contributed by atoms with Crippen molar-refractivity contribution in [3.05, 3.63) is 89.2 Å². The number of morpholine rings is 1. The van der Waals surface area contributed by atoms with E-state index in [0.29, 0.717) is 42.6 Å². The van der Waals surface area contributed by atoms with Crippen LogP contribution in [0.15, 0.2) is 78.2 Å². The zero-order valence-corrected chi connectivity index (χ0v) is 19.9. The molecule has 34 heavy (non-hydrogen) atoms. The van der Waals surface area contributed by atoms with Gasteiger partial charge in [-0.25, -0.2) is 0 Å². The van der Waals surface area contributed by atoms with Crippen LogP contribution in [0.2, 0.25) is 5.02 Å².